The summed E-state index contributed by atoms with van der Waals surface area (Å²) in [4.78, 5) is 11.8. The largest absolute Gasteiger partial charge is 0.491 e. The predicted octanol–water partition coefficient (Wildman–Crippen LogP) is 0.668. The van der Waals surface area contributed by atoms with Crippen LogP contribution in [0.25, 0.3) is 0 Å². The number of para-hydroxylation sites is 1. The van der Waals surface area contributed by atoms with E-state index in [1.807, 2.05) is 24.3 Å². The third kappa shape index (κ3) is 1.73. The highest BCUT2D eigenvalue weighted by Gasteiger charge is 2.25. The molecule has 1 aromatic carbocycles. The number of nitrogens with zero attached hydrogens (tertiary/aromatic N) is 2. The average molecular weight is 230 g/mol. The summed E-state index contributed by atoms with van der Waals surface area (Å²) in [5.41, 5.74) is 1.26. The first kappa shape index (κ1) is 9.83. The van der Waals surface area contributed by atoms with Gasteiger partial charge < -0.3 is 10.1 Å². The minimum atomic E-state index is -0.260. The number of rotatable bonds is 2. The Morgan fingerprint density at radius 2 is 2.35 bits per heavy atom. The van der Waals surface area contributed by atoms with Crippen LogP contribution in [0.4, 0.5) is 0 Å². The second kappa shape index (κ2) is 3.89. The number of carbonyl (C=O) groups excluding carboxylic acids is 1. The average Bonchev–Trinajstić information content (AvgIpc) is 2.98. The maximum atomic E-state index is 11.8. The van der Waals surface area contributed by atoms with Crippen molar-refractivity contribution in [3.05, 3.63) is 41.7 Å². The maximum Gasteiger partial charge on any atom is 0.274 e. The van der Waals surface area contributed by atoms with Crippen LogP contribution in [0.1, 0.15) is 22.1 Å². The molecular formula is C11H10N4O2. The Labute approximate surface area is 97.0 Å². The number of aromatic nitrogens is 3. The highest BCUT2D eigenvalue weighted by molar-refractivity contribution is 5.92. The third-order valence-corrected chi connectivity index (χ3v) is 2.65. The van der Waals surface area contributed by atoms with Gasteiger partial charge in [0, 0.05) is 5.56 Å². The highest BCUT2D eigenvalue weighted by atomic mass is 16.5. The molecule has 0 saturated carbocycles. The van der Waals surface area contributed by atoms with Gasteiger partial charge in [0.05, 0.1) is 12.2 Å². The van der Waals surface area contributed by atoms with Gasteiger partial charge in [-0.2, -0.15) is 15.4 Å². The summed E-state index contributed by atoms with van der Waals surface area (Å²) in [5, 5.41) is 12.6. The number of aromatic amines is 1. The Morgan fingerprint density at radius 3 is 3.18 bits per heavy atom. The summed E-state index contributed by atoms with van der Waals surface area (Å²) in [6.07, 6.45) is 1.39. The van der Waals surface area contributed by atoms with Gasteiger partial charge in [0.1, 0.15) is 12.4 Å². The monoisotopic (exact) mass is 230 g/mol. The number of fused-ring (bicyclic) bond motifs is 1. The molecule has 0 saturated heterocycles. The fraction of sp³-hybridized carbons (Fsp3) is 0.182. The van der Waals surface area contributed by atoms with Crippen LogP contribution in [0.5, 0.6) is 5.75 Å². The topological polar surface area (TPSA) is 79.9 Å². The molecular weight excluding hydrogens is 220 g/mol. The van der Waals surface area contributed by atoms with Crippen LogP contribution >= 0.6 is 0 Å². The number of carbonyl (C=O) groups is 1. The molecule has 6 nitrogen and oxygen atoms in total. The summed E-state index contributed by atoms with van der Waals surface area (Å²) in [7, 11) is 0. The lowest BCUT2D eigenvalue weighted by Crippen LogP contribution is -2.29. The molecule has 2 N–H and O–H groups in total. The number of ether oxygens (including phenoxy) is 1. The van der Waals surface area contributed by atoms with Gasteiger partial charge in [0.25, 0.3) is 5.91 Å². The van der Waals surface area contributed by atoms with Crippen molar-refractivity contribution >= 4 is 5.91 Å². The molecule has 17 heavy (non-hydrogen) atoms. The van der Waals surface area contributed by atoms with Crippen molar-refractivity contribution in [2.45, 2.75) is 6.04 Å². The van der Waals surface area contributed by atoms with Crippen molar-refractivity contribution in [1.29, 1.82) is 0 Å². The lowest BCUT2D eigenvalue weighted by molar-refractivity contribution is 0.0925. The van der Waals surface area contributed by atoms with Crippen LogP contribution in [0, 0.1) is 0 Å². The van der Waals surface area contributed by atoms with E-state index >= 15 is 0 Å². The van der Waals surface area contributed by atoms with Crippen LogP contribution in [0.2, 0.25) is 0 Å². The second-order valence-electron chi connectivity index (χ2n) is 3.73. The Kier molecular flexibility index (Phi) is 2.25. The van der Waals surface area contributed by atoms with Gasteiger partial charge in [0.2, 0.25) is 0 Å². The minimum absolute atomic E-state index is 0.129. The smallest absolute Gasteiger partial charge is 0.274 e. The molecule has 86 valence electrons. The van der Waals surface area contributed by atoms with Crippen LogP contribution in [-0.2, 0) is 0 Å². The quantitative estimate of drug-likeness (QED) is 0.794. The van der Waals surface area contributed by atoms with E-state index in [2.05, 4.69) is 20.7 Å². The Hall–Kier alpha value is -2.37. The van der Waals surface area contributed by atoms with E-state index in [1.54, 1.807) is 0 Å². The van der Waals surface area contributed by atoms with Crippen LogP contribution in [-0.4, -0.2) is 27.9 Å². The Bertz CT molecular complexity index is 538. The van der Waals surface area contributed by atoms with Gasteiger partial charge in [-0.15, -0.1) is 0 Å². The molecule has 0 spiro atoms. The molecule has 0 radical (unpaired) electrons. The third-order valence-electron chi connectivity index (χ3n) is 2.65. The summed E-state index contributed by atoms with van der Waals surface area (Å²) < 4.78 is 5.47. The van der Waals surface area contributed by atoms with E-state index in [1.165, 1.54) is 6.20 Å². The van der Waals surface area contributed by atoms with E-state index in [4.69, 9.17) is 4.74 Å². The van der Waals surface area contributed by atoms with Crippen molar-refractivity contribution in [3.8, 4) is 5.75 Å². The SMILES string of the molecule is O=C(NC1COc2ccccc21)c1cn[nH]n1. The highest BCUT2D eigenvalue weighted by Crippen LogP contribution is 2.31. The van der Waals surface area contributed by atoms with Gasteiger partial charge in [-0.25, -0.2) is 0 Å². The molecule has 0 aliphatic carbocycles. The van der Waals surface area contributed by atoms with E-state index in [9.17, 15) is 4.79 Å². The molecule has 3 rings (SSSR count). The molecule has 1 unspecified atom stereocenters. The van der Waals surface area contributed by atoms with Crippen LogP contribution < -0.4 is 10.1 Å². The molecule has 2 aromatic rings. The van der Waals surface area contributed by atoms with Crippen LogP contribution in [0.15, 0.2) is 30.5 Å². The number of benzene rings is 1. The summed E-state index contributed by atoms with van der Waals surface area (Å²) in [6.45, 7) is 0.447. The van der Waals surface area contributed by atoms with Crippen molar-refractivity contribution in [3.63, 3.8) is 0 Å². The van der Waals surface area contributed by atoms with Crippen molar-refractivity contribution < 1.29 is 9.53 Å². The van der Waals surface area contributed by atoms with Gasteiger partial charge in [0.15, 0.2) is 5.69 Å². The number of nitrogens with one attached hydrogen (secondary N) is 2. The zero-order valence-corrected chi connectivity index (χ0v) is 8.88. The lowest BCUT2D eigenvalue weighted by atomic mass is 10.1. The molecule has 1 aliphatic heterocycles. The van der Waals surface area contributed by atoms with Gasteiger partial charge in [-0.05, 0) is 6.07 Å². The number of hydrogen-bond acceptors (Lipinski definition) is 4. The zero-order chi connectivity index (χ0) is 11.7. The van der Waals surface area contributed by atoms with E-state index in [0.717, 1.165) is 11.3 Å². The molecule has 1 amide bonds. The fourth-order valence-electron chi connectivity index (χ4n) is 1.83. The van der Waals surface area contributed by atoms with Crippen LogP contribution in [0.3, 0.4) is 0 Å². The van der Waals surface area contributed by atoms with Gasteiger partial charge >= 0.3 is 0 Å². The fourth-order valence-corrected chi connectivity index (χ4v) is 1.83. The summed E-state index contributed by atoms with van der Waals surface area (Å²) in [5.74, 6) is 0.557. The normalized spacial score (nSPS) is 17.3. The molecule has 0 fully saturated rings. The minimum Gasteiger partial charge on any atom is -0.491 e. The molecule has 1 aliphatic rings. The first-order valence-corrected chi connectivity index (χ1v) is 5.23. The van der Waals surface area contributed by atoms with Crippen molar-refractivity contribution in [2.75, 3.05) is 6.61 Å². The molecule has 0 bridgehead atoms. The number of H-pyrrole nitrogens is 1. The van der Waals surface area contributed by atoms with Crippen molar-refractivity contribution in [1.82, 2.24) is 20.7 Å². The molecule has 6 heteroatoms. The first-order chi connectivity index (χ1) is 8.34. The zero-order valence-electron chi connectivity index (χ0n) is 8.88. The number of hydrogen-bond donors (Lipinski definition) is 2. The molecule has 1 aromatic heterocycles. The summed E-state index contributed by atoms with van der Waals surface area (Å²) in [6, 6.07) is 7.52. The standard InChI is InChI=1S/C11H10N4O2/c16-11(8-5-12-15-14-8)13-9-6-17-10-4-2-1-3-7(9)10/h1-5,9H,6H2,(H,13,16)(H,12,14,15). The van der Waals surface area contributed by atoms with E-state index in [0.29, 0.717) is 6.61 Å². The first-order valence-electron chi connectivity index (χ1n) is 5.23. The predicted molar refractivity (Wildman–Crippen MR) is 58.5 cm³/mol. The summed E-state index contributed by atoms with van der Waals surface area (Å²) >= 11 is 0. The van der Waals surface area contributed by atoms with E-state index in [-0.39, 0.29) is 17.6 Å². The second-order valence-corrected chi connectivity index (χ2v) is 3.73. The molecule has 1 atom stereocenters. The van der Waals surface area contributed by atoms with E-state index < -0.39 is 0 Å². The Balaban J connectivity index is 1.78. The Morgan fingerprint density at radius 1 is 1.47 bits per heavy atom. The van der Waals surface area contributed by atoms with Crippen molar-refractivity contribution in [2.24, 2.45) is 0 Å². The van der Waals surface area contributed by atoms with Gasteiger partial charge in [-0.3, -0.25) is 4.79 Å². The lowest BCUT2D eigenvalue weighted by Gasteiger charge is -2.09. The number of amides is 1. The van der Waals surface area contributed by atoms with Gasteiger partial charge in [-0.1, -0.05) is 18.2 Å². The maximum absolute atomic E-state index is 11.8. The molecule has 2 heterocycles.